The Balaban J connectivity index is 1.63. The van der Waals surface area contributed by atoms with Crippen LogP contribution in [0.5, 0.6) is 0 Å². The van der Waals surface area contributed by atoms with Crippen LogP contribution in [0.4, 0.5) is 5.69 Å². The van der Waals surface area contributed by atoms with Gasteiger partial charge in [-0.05, 0) is 60.0 Å². The number of rotatable bonds is 8. The van der Waals surface area contributed by atoms with E-state index < -0.39 is 16.1 Å². The van der Waals surface area contributed by atoms with Gasteiger partial charge in [-0.25, -0.2) is 8.42 Å². The SMILES string of the molecule is CC(=O)Nc1ccc(C)cc1S(=O)(=O)N1CCc2ccccc2[C@@H]1CC(=O)NCCc1cccs1. The number of anilines is 1. The summed E-state index contributed by atoms with van der Waals surface area (Å²) >= 11 is 1.64. The highest BCUT2D eigenvalue weighted by Gasteiger charge is 2.38. The van der Waals surface area contributed by atoms with Gasteiger partial charge in [0.1, 0.15) is 4.90 Å². The Morgan fingerprint density at radius 3 is 2.66 bits per heavy atom. The van der Waals surface area contributed by atoms with Crippen LogP contribution in [0, 0.1) is 6.92 Å². The summed E-state index contributed by atoms with van der Waals surface area (Å²) in [6.45, 7) is 3.89. The van der Waals surface area contributed by atoms with Crippen molar-refractivity contribution in [2.75, 3.05) is 18.4 Å². The molecule has 1 aliphatic rings. The molecular formula is C26H29N3O4S2. The third-order valence-corrected chi connectivity index (χ3v) is 8.93. The van der Waals surface area contributed by atoms with Crippen molar-refractivity contribution in [3.63, 3.8) is 0 Å². The molecule has 1 atom stereocenters. The fourth-order valence-electron chi connectivity index (χ4n) is 4.42. The smallest absolute Gasteiger partial charge is 0.245 e. The van der Waals surface area contributed by atoms with Gasteiger partial charge < -0.3 is 10.6 Å². The highest BCUT2D eigenvalue weighted by molar-refractivity contribution is 7.89. The number of carbonyl (C=O) groups is 2. The van der Waals surface area contributed by atoms with Gasteiger partial charge in [-0.15, -0.1) is 11.3 Å². The molecule has 0 bridgehead atoms. The van der Waals surface area contributed by atoms with Crippen molar-refractivity contribution in [1.82, 2.24) is 9.62 Å². The van der Waals surface area contributed by atoms with E-state index in [1.165, 1.54) is 16.1 Å². The van der Waals surface area contributed by atoms with Gasteiger partial charge >= 0.3 is 0 Å². The molecule has 0 saturated heterocycles. The predicted octanol–water partition coefficient (Wildman–Crippen LogP) is 4.05. The van der Waals surface area contributed by atoms with Crippen LogP contribution in [0.1, 0.15) is 41.0 Å². The van der Waals surface area contributed by atoms with E-state index in [1.807, 2.05) is 41.8 Å². The van der Waals surface area contributed by atoms with Crippen LogP contribution in [-0.4, -0.2) is 37.6 Å². The topological polar surface area (TPSA) is 95.6 Å². The predicted molar refractivity (Wildman–Crippen MR) is 138 cm³/mol. The summed E-state index contributed by atoms with van der Waals surface area (Å²) in [5.74, 6) is -0.550. The normalized spacial score (nSPS) is 15.9. The molecule has 2 heterocycles. The second-order valence-corrected chi connectivity index (χ2v) is 11.5. The van der Waals surface area contributed by atoms with Gasteiger partial charge in [-0.2, -0.15) is 4.31 Å². The number of thiophene rings is 1. The Morgan fingerprint density at radius 2 is 1.91 bits per heavy atom. The van der Waals surface area contributed by atoms with Crippen LogP contribution in [0.3, 0.4) is 0 Å². The van der Waals surface area contributed by atoms with Crippen molar-refractivity contribution in [1.29, 1.82) is 0 Å². The monoisotopic (exact) mass is 511 g/mol. The highest BCUT2D eigenvalue weighted by atomic mass is 32.2. The quantitative estimate of drug-likeness (QED) is 0.477. The molecule has 3 aromatic rings. The largest absolute Gasteiger partial charge is 0.356 e. The Hall–Kier alpha value is -3.01. The molecule has 1 aliphatic heterocycles. The zero-order valence-electron chi connectivity index (χ0n) is 19.8. The van der Waals surface area contributed by atoms with E-state index in [0.29, 0.717) is 13.0 Å². The summed E-state index contributed by atoms with van der Waals surface area (Å²) in [7, 11) is -4.01. The molecule has 0 radical (unpaired) electrons. The van der Waals surface area contributed by atoms with Gasteiger partial charge in [0, 0.05) is 31.3 Å². The van der Waals surface area contributed by atoms with E-state index in [-0.39, 0.29) is 35.4 Å². The lowest BCUT2D eigenvalue weighted by Crippen LogP contribution is -2.42. The van der Waals surface area contributed by atoms with E-state index in [9.17, 15) is 18.0 Å². The highest BCUT2D eigenvalue weighted by Crippen LogP contribution is 2.38. The molecule has 2 N–H and O–H groups in total. The lowest BCUT2D eigenvalue weighted by molar-refractivity contribution is -0.122. The van der Waals surface area contributed by atoms with Gasteiger partial charge in [0.15, 0.2) is 0 Å². The summed E-state index contributed by atoms with van der Waals surface area (Å²) in [4.78, 5) is 25.9. The van der Waals surface area contributed by atoms with Gasteiger partial charge in [-0.1, -0.05) is 36.4 Å². The minimum Gasteiger partial charge on any atom is -0.356 e. The zero-order valence-corrected chi connectivity index (χ0v) is 21.4. The maximum atomic E-state index is 14.0. The molecule has 4 rings (SSSR count). The van der Waals surface area contributed by atoms with E-state index in [1.54, 1.807) is 36.5 Å². The van der Waals surface area contributed by atoms with Gasteiger partial charge in [0.05, 0.1) is 11.7 Å². The summed E-state index contributed by atoms with van der Waals surface area (Å²) in [6, 6.07) is 16.0. The van der Waals surface area contributed by atoms with E-state index >= 15 is 0 Å². The second kappa shape index (κ2) is 10.7. The molecule has 2 amide bonds. The van der Waals surface area contributed by atoms with Crippen LogP contribution in [-0.2, 0) is 32.5 Å². The molecule has 7 nitrogen and oxygen atoms in total. The number of hydrogen-bond acceptors (Lipinski definition) is 5. The standard InChI is InChI=1S/C26H29N3O4S2/c1-18-9-10-23(28-19(2)30)25(16-18)35(32,33)29-14-12-20-6-3-4-8-22(20)24(29)17-26(31)27-13-11-21-7-5-15-34-21/h3-10,15-16,24H,11-14,17H2,1-2H3,(H,27,31)(H,28,30)/t24-/m0/s1. The van der Waals surface area contributed by atoms with Crippen molar-refractivity contribution >= 4 is 38.9 Å². The van der Waals surface area contributed by atoms with Crippen molar-refractivity contribution < 1.29 is 18.0 Å². The first-order valence-corrected chi connectivity index (χ1v) is 13.8. The number of hydrogen-bond donors (Lipinski definition) is 2. The molecule has 0 aliphatic carbocycles. The van der Waals surface area contributed by atoms with E-state index in [4.69, 9.17) is 0 Å². The third kappa shape index (κ3) is 5.80. The van der Waals surface area contributed by atoms with E-state index in [0.717, 1.165) is 23.1 Å². The maximum Gasteiger partial charge on any atom is 0.245 e. The molecule has 0 fully saturated rings. The van der Waals surface area contributed by atoms with Gasteiger partial charge in [0.25, 0.3) is 0 Å². The van der Waals surface area contributed by atoms with Crippen molar-refractivity contribution in [3.05, 3.63) is 81.5 Å². The van der Waals surface area contributed by atoms with Crippen molar-refractivity contribution in [2.24, 2.45) is 0 Å². The Labute approximate surface area is 210 Å². The average Bonchev–Trinajstić information content (AvgIpc) is 3.33. The number of carbonyl (C=O) groups excluding carboxylic acids is 2. The first kappa shape index (κ1) is 25.1. The van der Waals surface area contributed by atoms with Crippen LogP contribution < -0.4 is 10.6 Å². The molecule has 0 spiro atoms. The Kier molecular flexibility index (Phi) is 7.69. The van der Waals surface area contributed by atoms with Crippen molar-refractivity contribution in [3.8, 4) is 0 Å². The Morgan fingerprint density at radius 1 is 1.11 bits per heavy atom. The number of nitrogens with zero attached hydrogens (tertiary/aromatic N) is 1. The fourth-order valence-corrected chi connectivity index (χ4v) is 6.97. The van der Waals surface area contributed by atoms with Crippen LogP contribution in [0.2, 0.25) is 0 Å². The molecule has 35 heavy (non-hydrogen) atoms. The number of aryl methyl sites for hydroxylation is 1. The number of benzene rings is 2. The first-order chi connectivity index (χ1) is 16.8. The third-order valence-electron chi connectivity index (χ3n) is 6.05. The van der Waals surface area contributed by atoms with Gasteiger partial charge in [0.2, 0.25) is 21.8 Å². The number of fused-ring (bicyclic) bond motifs is 1. The minimum absolute atomic E-state index is 0.0158. The average molecular weight is 512 g/mol. The lowest BCUT2D eigenvalue weighted by atomic mass is 9.92. The first-order valence-electron chi connectivity index (χ1n) is 11.5. The summed E-state index contributed by atoms with van der Waals surface area (Å²) < 4.78 is 29.3. The molecule has 1 aromatic heterocycles. The second-order valence-electron chi connectivity index (χ2n) is 8.64. The number of nitrogens with one attached hydrogen (secondary N) is 2. The molecule has 2 aromatic carbocycles. The van der Waals surface area contributed by atoms with Crippen LogP contribution >= 0.6 is 11.3 Å². The molecule has 0 saturated carbocycles. The fraction of sp³-hybridized carbons (Fsp3) is 0.308. The van der Waals surface area contributed by atoms with Crippen LogP contribution in [0.25, 0.3) is 0 Å². The Bertz CT molecular complexity index is 1320. The minimum atomic E-state index is -4.01. The number of sulfonamides is 1. The molecule has 9 heteroatoms. The summed E-state index contributed by atoms with van der Waals surface area (Å²) in [5, 5.41) is 7.58. The summed E-state index contributed by atoms with van der Waals surface area (Å²) in [5.41, 5.74) is 2.88. The maximum absolute atomic E-state index is 14.0. The number of amides is 2. The van der Waals surface area contributed by atoms with Gasteiger partial charge in [-0.3, -0.25) is 9.59 Å². The summed E-state index contributed by atoms with van der Waals surface area (Å²) in [6.07, 6.45) is 1.30. The lowest BCUT2D eigenvalue weighted by Gasteiger charge is -2.36. The van der Waals surface area contributed by atoms with E-state index in [2.05, 4.69) is 10.6 Å². The molecule has 184 valence electrons. The zero-order chi connectivity index (χ0) is 25.0. The molecule has 0 unspecified atom stereocenters. The van der Waals surface area contributed by atoms with Crippen LogP contribution in [0.15, 0.2) is 64.9 Å². The van der Waals surface area contributed by atoms with Crippen molar-refractivity contribution in [2.45, 2.75) is 44.0 Å². The molecular weight excluding hydrogens is 482 g/mol.